The van der Waals surface area contributed by atoms with E-state index in [9.17, 15) is 0 Å². The van der Waals surface area contributed by atoms with Gasteiger partial charge in [0.15, 0.2) is 0 Å². The van der Waals surface area contributed by atoms with Crippen LogP contribution in [-0.4, -0.2) is 0 Å². The first-order chi connectivity index (χ1) is 10.2. The normalized spacial score (nSPS) is 12.5. The summed E-state index contributed by atoms with van der Waals surface area (Å²) in [4.78, 5) is 0. The maximum absolute atomic E-state index is 6.09. The van der Waals surface area contributed by atoms with Crippen LogP contribution in [0.15, 0.2) is 52.9 Å². The standard InChI is InChI=1S/C19H21NO/c1-4-16-17-7-5-6-8-18(17)21-19(16)14(3)20-15-11-9-13(2)10-12-15/h5-12,14,20H,4H2,1-3H3. The van der Waals surface area contributed by atoms with Crippen molar-refractivity contribution in [2.24, 2.45) is 0 Å². The molecular formula is C19H21NO. The third kappa shape index (κ3) is 2.66. The van der Waals surface area contributed by atoms with Crippen molar-refractivity contribution in [2.75, 3.05) is 5.32 Å². The highest BCUT2D eigenvalue weighted by Crippen LogP contribution is 2.32. The Bertz CT molecular complexity index is 740. The SMILES string of the molecule is CCc1c(C(C)Nc2ccc(C)cc2)oc2ccccc12. The molecule has 1 atom stereocenters. The van der Waals surface area contributed by atoms with Crippen molar-refractivity contribution in [3.8, 4) is 0 Å². The molecule has 0 bridgehead atoms. The third-order valence-electron chi connectivity index (χ3n) is 3.91. The number of rotatable bonds is 4. The predicted molar refractivity (Wildman–Crippen MR) is 88.8 cm³/mol. The summed E-state index contributed by atoms with van der Waals surface area (Å²) in [6.45, 7) is 6.43. The average Bonchev–Trinajstić information content (AvgIpc) is 2.88. The van der Waals surface area contributed by atoms with Crippen molar-refractivity contribution >= 4 is 16.7 Å². The minimum atomic E-state index is 0.148. The van der Waals surface area contributed by atoms with Crippen LogP contribution >= 0.6 is 0 Å². The molecule has 21 heavy (non-hydrogen) atoms. The highest BCUT2D eigenvalue weighted by atomic mass is 16.3. The van der Waals surface area contributed by atoms with E-state index < -0.39 is 0 Å². The van der Waals surface area contributed by atoms with Gasteiger partial charge >= 0.3 is 0 Å². The summed E-state index contributed by atoms with van der Waals surface area (Å²) in [6, 6.07) is 16.9. The van der Waals surface area contributed by atoms with Gasteiger partial charge in [0.1, 0.15) is 11.3 Å². The Morgan fingerprint density at radius 1 is 1.05 bits per heavy atom. The van der Waals surface area contributed by atoms with Gasteiger partial charge in [0.05, 0.1) is 6.04 Å². The van der Waals surface area contributed by atoms with E-state index >= 15 is 0 Å². The van der Waals surface area contributed by atoms with Gasteiger partial charge in [-0.05, 0) is 38.5 Å². The first kappa shape index (κ1) is 13.7. The van der Waals surface area contributed by atoms with Gasteiger partial charge in [-0.25, -0.2) is 0 Å². The quantitative estimate of drug-likeness (QED) is 0.684. The van der Waals surface area contributed by atoms with Crippen molar-refractivity contribution in [1.29, 1.82) is 0 Å². The zero-order valence-electron chi connectivity index (χ0n) is 12.8. The molecule has 0 aliphatic rings. The van der Waals surface area contributed by atoms with E-state index in [1.165, 1.54) is 16.5 Å². The van der Waals surface area contributed by atoms with Crippen LogP contribution in [0.5, 0.6) is 0 Å². The Hall–Kier alpha value is -2.22. The summed E-state index contributed by atoms with van der Waals surface area (Å²) in [6.07, 6.45) is 0.978. The van der Waals surface area contributed by atoms with Gasteiger partial charge in [0, 0.05) is 16.6 Å². The van der Waals surface area contributed by atoms with Gasteiger partial charge in [0.2, 0.25) is 0 Å². The van der Waals surface area contributed by atoms with Gasteiger partial charge in [-0.1, -0.05) is 42.8 Å². The molecule has 0 spiro atoms. The molecule has 2 nitrogen and oxygen atoms in total. The van der Waals surface area contributed by atoms with Crippen LogP contribution in [-0.2, 0) is 6.42 Å². The van der Waals surface area contributed by atoms with Crippen LogP contribution in [0.4, 0.5) is 5.69 Å². The number of anilines is 1. The van der Waals surface area contributed by atoms with E-state index in [4.69, 9.17) is 4.42 Å². The van der Waals surface area contributed by atoms with Crippen molar-refractivity contribution in [3.05, 3.63) is 65.4 Å². The molecule has 0 radical (unpaired) electrons. The van der Waals surface area contributed by atoms with Crippen LogP contribution in [0.1, 0.15) is 36.8 Å². The second-order valence-corrected chi connectivity index (χ2v) is 5.53. The zero-order valence-corrected chi connectivity index (χ0v) is 12.8. The molecule has 0 fully saturated rings. The van der Waals surface area contributed by atoms with E-state index in [2.05, 4.69) is 62.5 Å². The number of aryl methyl sites for hydroxylation is 2. The molecule has 0 aliphatic carbocycles. The lowest BCUT2D eigenvalue weighted by atomic mass is 10.0. The molecule has 0 saturated heterocycles. The second kappa shape index (κ2) is 5.65. The van der Waals surface area contributed by atoms with Crippen molar-refractivity contribution in [1.82, 2.24) is 0 Å². The van der Waals surface area contributed by atoms with Crippen LogP contribution in [0.25, 0.3) is 11.0 Å². The molecule has 108 valence electrons. The lowest BCUT2D eigenvalue weighted by Crippen LogP contribution is -2.07. The Morgan fingerprint density at radius 3 is 2.48 bits per heavy atom. The predicted octanol–water partition coefficient (Wildman–Crippen LogP) is 5.48. The summed E-state index contributed by atoms with van der Waals surface area (Å²) in [5.74, 6) is 1.04. The number of nitrogens with one attached hydrogen (secondary N) is 1. The summed E-state index contributed by atoms with van der Waals surface area (Å²) >= 11 is 0. The molecule has 1 aromatic heterocycles. The summed E-state index contributed by atoms with van der Waals surface area (Å²) in [5.41, 5.74) is 4.67. The number of fused-ring (bicyclic) bond motifs is 1. The highest BCUT2D eigenvalue weighted by Gasteiger charge is 2.17. The van der Waals surface area contributed by atoms with Crippen LogP contribution in [0.2, 0.25) is 0 Å². The zero-order chi connectivity index (χ0) is 14.8. The molecule has 2 heteroatoms. The molecule has 0 saturated carbocycles. The van der Waals surface area contributed by atoms with Gasteiger partial charge in [-0.15, -0.1) is 0 Å². The molecule has 2 aromatic carbocycles. The fraction of sp³-hybridized carbons (Fsp3) is 0.263. The second-order valence-electron chi connectivity index (χ2n) is 5.53. The molecule has 1 unspecified atom stereocenters. The summed E-state index contributed by atoms with van der Waals surface area (Å²) in [5, 5.41) is 4.76. The molecule has 3 aromatic rings. The Labute approximate surface area is 125 Å². The summed E-state index contributed by atoms with van der Waals surface area (Å²) in [7, 11) is 0. The monoisotopic (exact) mass is 279 g/mol. The number of para-hydroxylation sites is 1. The van der Waals surface area contributed by atoms with E-state index in [0.717, 1.165) is 23.5 Å². The Morgan fingerprint density at radius 2 is 1.76 bits per heavy atom. The fourth-order valence-corrected chi connectivity index (χ4v) is 2.80. The highest BCUT2D eigenvalue weighted by molar-refractivity contribution is 5.82. The van der Waals surface area contributed by atoms with E-state index in [1.807, 2.05) is 12.1 Å². The third-order valence-corrected chi connectivity index (χ3v) is 3.91. The van der Waals surface area contributed by atoms with Gasteiger partial charge in [-0.3, -0.25) is 0 Å². The largest absolute Gasteiger partial charge is 0.459 e. The van der Waals surface area contributed by atoms with Crippen molar-refractivity contribution in [2.45, 2.75) is 33.2 Å². The van der Waals surface area contributed by atoms with Crippen molar-refractivity contribution < 1.29 is 4.42 Å². The first-order valence-corrected chi connectivity index (χ1v) is 7.52. The minimum absolute atomic E-state index is 0.148. The average molecular weight is 279 g/mol. The number of hydrogen-bond acceptors (Lipinski definition) is 2. The molecule has 1 heterocycles. The molecule has 0 aliphatic heterocycles. The topological polar surface area (TPSA) is 25.2 Å². The van der Waals surface area contributed by atoms with Gasteiger partial charge < -0.3 is 9.73 Å². The summed E-state index contributed by atoms with van der Waals surface area (Å²) < 4.78 is 6.09. The van der Waals surface area contributed by atoms with Gasteiger partial charge in [-0.2, -0.15) is 0 Å². The van der Waals surface area contributed by atoms with E-state index in [0.29, 0.717) is 0 Å². The van der Waals surface area contributed by atoms with E-state index in [1.54, 1.807) is 0 Å². The van der Waals surface area contributed by atoms with Crippen LogP contribution in [0.3, 0.4) is 0 Å². The smallest absolute Gasteiger partial charge is 0.134 e. The molecule has 3 rings (SSSR count). The van der Waals surface area contributed by atoms with Crippen LogP contribution < -0.4 is 5.32 Å². The Kier molecular flexibility index (Phi) is 3.70. The van der Waals surface area contributed by atoms with E-state index in [-0.39, 0.29) is 6.04 Å². The Balaban J connectivity index is 1.93. The fourth-order valence-electron chi connectivity index (χ4n) is 2.80. The van der Waals surface area contributed by atoms with Gasteiger partial charge in [0.25, 0.3) is 0 Å². The molecule has 1 N–H and O–H groups in total. The lowest BCUT2D eigenvalue weighted by Gasteiger charge is -2.14. The lowest BCUT2D eigenvalue weighted by molar-refractivity contribution is 0.520. The van der Waals surface area contributed by atoms with Crippen LogP contribution in [0, 0.1) is 6.92 Å². The number of furan rings is 1. The minimum Gasteiger partial charge on any atom is -0.459 e. The molecule has 0 amide bonds. The maximum atomic E-state index is 6.09. The number of hydrogen-bond donors (Lipinski definition) is 1. The van der Waals surface area contributed by atoms with Crippen molar-refractivity contribution in [3.63, 3.8) is 0 Å². The maximum Gasteiger partial charge on any atom is 0.134 e. The number of benzene rings is 2. The molecular weight excluding hydrogens is 258 g/mol. The first-order valence-electron chi connectivity index (χ1n) is 7.52.